The van der Waals surface area contributed by atoms with Crippen molar-refractivity contribution in [3.8, 4) is 0 Å². The molecule has 0 atom stereocenters. The Morgan fingerprint density at radius 3 is 2.67 bits per heavy atom. The third-order valence-electron chi connectivity index (χ3n) is 1.49. The third-order valence-corrected chi connectivity index (χ3v) is 2.28. The number of primary amides is 1. The Morgan fingerprint density at radius 1 is 1.50 bits per heavy atom. The number of nitrogen functional groups attached to an aromatic ring is 1. The Kier molecular flexibility index (Phi) is 2.60. The second kappa shape index (κ2) is 3.49. The molecule has 1 amide bonds. The maximum absolute atomic E-state index is 10.9. The molecule has 1 rings (SSSR count). The van der Waals surface area contributed by atoms with E-state index in [9.17, 15) is 4.79 Å². The van der Waals surface area contributed by atoms with Gasteiger partial charge in [-0.3, -0.25) is 4.79 Å². The van der Waals surface area contributed by atoms with Crippen LogP contribution in [0.15, 0.2) is 23.1 Å². The number of thioether (sulfide) groups is 1. The minimum absolute atomic E-state index is 0.438. The fourth-order valence-electron chi connectivity index (χ4n) is 0.918. The van der Waals surface area contributed by atoms with Gasteiger partial charge in [0.25, 0.3) is 0 Å². The van der Waals surface area contributed by atoms with Crippen molar-refractivity contribution < 1.29 is 4.79 Å². The molecule has 0 saturated heterocycles. The quantitative estimate of drug-likeness (QED) is 0.531. The van der Waals surface area contributed by atoms with Crippen LogP contribution in [0.1, 0.15) is 10.4 Å². The van der Waals surface area contributed by atoms with Gasteiger partial charge in [0, 0.05) is 10.6 Å². The lowest BCUT2D eigenvalue weighted by Crippen LogP contribution is -2.12. The van der Waals surface area contributed by atoms with Gasteiger partial charge in [-0.15, -0.1) is 11.8 Å². The molecule has 0 spiro atoms. The van der Waals surface area contributed by atoms with Crippen molar-refractivity contribution in [1.29, 1.82) is 0 Å². The van der Waals surface area contributed by atoms with Crippen molar-refractivity contribution >= 4 is 23.4 Å². The molecule has 3 nitrogen and oxygen atoms in total. The smallest absolute Gasteiger partial charge is 0.249 e. The Bertz CT molecular complexity index is 312. The van der Waals surface area contributed by atoms with E-state index in [1.54, 1.807) is 18.2 Å². The van der Waals surface area contributed by atoms with E-state index in [-0.39, 0.29) is 0 Å². The van der Waals surface area contributed by atoms with Gasteiger partial charge in [0.05, 0.1) is 5.56 Å². The number of hydrogen-bond acceptors (Lipinski definition) is 3. The van der Waals surface area contributed by atoms with Crippen LogP contribution in [0.25, 0.3) is 0 Å². The van der Waals surface area contributed by atoms with Crippen LogP contribution in [0.3, 0.4) is 0 Å². The van der Waals surface area contributed by atoms with Gasteiger partial charge in [0.1, 0.15) is 0 Å². The predicted molar refractivity (Wildman–Crippen MR) is 51.2 cm³/mol. The molecule has 0 bridgehead atoms. The van der Waals surface area contributed by atoms with Crippen molar-refractivity contribution in [2.45, 2.75) is 4.90 Å². The van der Waals surface area contributed by atoms with Gasteiger partial charge in [0.2, 0.25) is 5.91 Å². The Labute approximate surface area is 75.1 Å². The first-order valence-corrected chi connectivity index (χ1v) is 4.61. The van der Waals surface area contributed by atoms with Crippen LogP contribution in [0, 0.1) is 0 Å². The van der Waals surface area contributed by atoms with Gasteiger partial charge in [-0.1, -0.05) is 0 Å². The van der Waals surface area contributed by atoms with Gasteiger partial charge in [-0.25, -0.2) is 0 Å². The average Bonchev–Trinajstić information content (AvgIpc) is 2.04. The van der Waals surface area contributed by atoms with Crippen molar-refractivity contribution in [2.24, 2.45) is 5.73 Å². The molecule has 0 aliphatic rings. The fraction of sp³-hybridized carbons (Fsp3) is 0.125. The van der Waals surface area contributed by atoms with E-state index in [4.69, 9.17) is 11.5 Å². The highest BCUT2D eigenvalue weighted by molar-refractivity contribution is 7.98. The summed E-state index contributed by atoms with van der Waals surface area (Å²) < 4.78 is 0. The summed E-state index contributed by atoms with van der Waals surface area (Å²) in [5.41, 5.74) is 11.7. The highest BCUT2D eigenvalue weighted by Crippen LogP contribution is 2.21. The molecule has 0 aliphatic heterocycles. The van der Waals surface area contributed by atoms with Crippen molar-refractivity contribution in [3.63, 3.8) is 0 Å². The number of hydrogen-bond donors (Lipinski definition) is 2. The largest absolute Gasteiger partial charge is 0.399 e. The summed E-state index contributed by atoms with van der Waals surface area (Å²) in [7, 11) is 0. The van der Waals surface area contributed by atoms with Crippen LogP contribution in [0.2, 0.25) is 0 Å². The normalized spacial score (nSPS) is 9.75. The minimum Gasteiger partial charge on any atom is -0.399 e. The first kappa shape index (κ1) is 8.93. The topological polar surface area (TPSA) is 69.1 Å². The molecule has 12 heavy (non-hydrogen) atoms. The SMILES string of the molecule is CSc1ccc(N)cc1C(N)=O. The summed E-state index contributed by atoms with van der Waals surface area (Å²) in [6.45, 7) is 0. The standard InChI is InChI=1S/C8H10N2OS/c1-12-7-3-2-5(9)4-6(7)8(10)11/h2-4H,9H2,1H3,(H2,10,11). The molecule has 0 aliphatic carbocycles. The molecule has 1 aromatic rings. The van der Waals surface area contributed by atoms with Gasteiger partial charge in [-0.2, -0.15) is 0 Å². The van der Waals surface area contributed by atoms with E-state index in [1.807, 2.05) is 6.26 Å². The van der Waals surface area contributed by atoms with Crippen LogP contribution >= 0.6 is 11.8 Å². The van der Waals surface area contributed by atoms with Crippen molar-refractivity contribution in [1.82, 2.24) is 0 Å². The van der Waals surface area contributed by atoms with Crippen molar-refractivity contribution in [3.05, 3.63) is 23.8 Å². The molecule has 0 saturated carbocycles. The highest BCUT2D eigenvalue weighted by Gasteiger charge is 2.06. The number of carbonyl (C=O) groups excluding carboxylic acids is 1. The summed E-state index contributed by atoms with van der Waals surface area (Å²) in [6, 6.07) is 5.13. The summed E-state index contributed by atoms with van der Waals surface area (Å²) in [5.74, 6) is -0.438. The Balaban J connectivity index is 3.21. The van der Waals surface area contributed by atoms with Crippen LogP contribution in [-0.4, -0.2) is 12.2 Å². The zero-order valence-electron chi connectivity index (χ0n) is 6.70. The lowest BCUT2D eigenvalue weighted by molar-refractivity contribution is 0.0997. The summed E-state index contributed by atoms with van der Waals surface area (Å²) in [5, 5.41) is 0. The van der Waals surface area contributed by atoms with Gasteiger partial charge < -0.3 is 11.5 Å². The molecule has 1 aromatic carbocycles. The molecule has 4 heteroatoms. The second-order valence-electron chi connectivity index (χ2n) is 2.32. The average molecular weight is 182 g/mol. The summed E-state index contributed by atoms with van der Waals surface area (Å²) in [6.07, 6.45) is 1.89. The Hall–Kier alpha value is -1.16. The third kappa shape index (κ3) is 1.71. The lowest BCUT2D eigenvalue weighted by atomic mass is 10.2. The molecule has 0 fully saturated rings. The van der Waals surface area contributed by atoms with Gasteiger partial charge in [-0.05, 0) is 24.5 Å². The van der Waals surface area contributed by atoms with Crippen molar-refractivity contribution in [2.75, 3.05) is 12.0 Å². The zero-order valence-corrected chi connectivity index (χ0v) is 7.52. The zero-order chi connectivity index (χ0) is 9.14. The molecule has 4 N–H and O–H groups in total. The van der Waals surface area contributed by atoms with Crippen LogP contribution in [0.5, 0.6) is 0 Å². The number of amides is 1. The first-order valence-electron chi connectivity index (χ1n) is 3.38. The minimum atomic E-state index is -0.438. The summed E-state index contributed by atoms with van der Waals surface area (Å²) in [4.78, 5) is 11.7. The monoisotopic (exact) mass is 182 g/mol. The van der Waals surface area contributed by atoms with Crippen LogP contribution in [-0.2, 0) is 0 Å². The predicted octanol–water partition coefficient (Wildman–Crippen LogP) is 1.09. The highest BCUT2D eigenvalue weighted by atomic mass is 32.2. The first-order chi connectivity index (χ1) is 5.65. The summed E-state index contributed by atoms with van der Waals surface area (Å²) >= 11 is 1.48. The molecule has 0 unspecified atom stereocenters. The maximum Gasteiger partial charge on any atom is 0.249 e. The van der Waals surface area contributed by atoms with Crippen LogP contribution < -0.4 is 11.5 Å². The maximum atomic E-state index is 10.9. The van der Waals surface area contributed by atoms with E-state index >= 15 is 0 Å². The molecule has 0 heterocycles. The molecule has 0 aromatic heterocycles. The molecule has 64 valence electrons. The molecular weight excluding hydrogens is 172 g/mol. The number of rotatable bonds is 2. The number of benzene rings is 1. The number of anilines is 1. The Morgan fingerprint density at radius 2 is 2.17 bits per heavy atom. The fourth-order valence-corrected chi connectivity index (χ4v) is 1.50. The number of nitrogens with two attached hydrogens (primary N) is 2. The van der Waals surface area contributed by atoms with Gasteiger partial charge >= 0.3 is 0 Å². The van der Waals surface area contributed by atoms with E-state index in [2.05, 4.69) is 0 Å². The van der Waals surface area contributed by atoms with E-state index in [1.165, 1.54) is 11.8 Å². The van der Waals surface area contributed by atoms with E-state index in [0.717, 1.165) is 4.90 Å². The molecular formula is C8H10N2OS. The van der Waals surface area contributed by atoms with Gasteiger partial charge in [0.15, 0.2) is 0 Å². The second-order valence-corrected chi connectivity index (χ2v) is 3.17. The lowest BCUT2D eigenvalue weighted by Gasteiger charge is -2.03. The van der Waals surface area contributed by atoms with E-state index in [0.29, 0.717) is 11.3 Å². The molecule has 0 radical (unpaired) electrons. The number of carbonyl (C=O) groups is 1. The van der Waals surface area contributed by atoms with Crippen LogP contribution in [0.4, 0.5) is 5.69 Å². The van der Waals surface area contributed by atoms with E-state index < -0.39 is 5.91 Å².